The molecule has 3 nitrogen and oxygen atoms in total. The zero-order valence-electron chi connectivity index (χ0n) is 9.75. The van der Waals surface area contributed by atoms with E-state index in [1.165, 1.54) is 0 Å². The first kappa shape index (κ1) is 11.0. The maximum atomic E-state index is 11.0. The van der Waals surface area contributed by atoms with Gasteiger partial charge in [0.25, 0.3) is 0 Å². The first-order valence-corrected chi connectivity index (χ1v) is 5.56. The number of aldehydes is 1. The average Bonchev–Trinajstić information content (AvgIpc) is 2.38. The van der Waals surface area contributed by atoms with Crippen molar-refractivity contribution in [2.24, 2.45) is 0 Å². The Bertz CT molecular complexity index is 424. The van der Waals surface area contributed by atoms with Crippen LogP contribution in [0.1, 0.15) is 42.6 Å². The van der Waals surface area contributed by atoms with Gasteiger partial charge in [0.05, 0.1) is 12.2 Å². The van der Waals surface area contributed by atoms with Crippen molar-refractivity contribution in [2.75, 3.05) is 12.3 Å². The van der Waals surface area contributed by atoms with E-state index in [1.54, 1.807) is 6.07 Å². The van der Waals surface area contributed by atoms with Gasteiger partial charge in [-0.2, -0.15) is 0 Å². The molecule has 0 aromatic heterocycles. The van der Waals surface area contributed by atoms with E-state index in [4.69, 9.17) is 10.5 Å². The molecule has 1 aromatic rings. The maximum absolute atomic E-state index is 11.0. The largest absolute Gasteiger partial charge is 0.493 e. The molecular formula is C13H17NO2. The van der Waals surface area contributed by atoms with E-state index < -0.39 is 0 Å². The number of benzene rings is 1. The Balaban J connectivity index is 2.65. The van der Waals surface area contributed by atoms with Crippen LogP contribution >= 0.6 is 0 Å². The lowest BCUT2D eigenvalue weighted by molar-refractivity contribution is 0.111. The highest BCUT2D eigenvalue weighted by Crippen LogP contribution is 2.40. The van der Waals surface area contributed by atoms with Gasteiger partial charge in [-0.3, -0.25) is 4.79 Å². The minimum atomic E-state index is 0.0129. The van der Waals surface area contributed by atoms with Crippen molar-refractivity contribution in [3.8, 4) is 5.75 Å². The summed E-state index contributed by atoms with van der Waals surface area (Å²) in [6, 6.07) is 3.60. The van der Waals surface area contributed by atoms with Gasteiger partial charge in [-0.15, -0.1) is 0 Å². The summed E-state index contributed by atoms with van der Waals surface area (Å²) < 4.78 is 5.67. The Morgan fingerprint density at radius 3 is 2.88 bits per heavy atom. The lowest BCUT2D eigenvalue weighted by atomic mass is 9.80. The first-order valence-electron chi connectivity index (χ1n) is 5.56. The Kier molecular flexibility index (Phi) is 2.62. The molecular weight excluding hydrogens is 202 g/mol. The second kappa shape index (κ2) is 3.81. The molecule has 1 aliphatic heterocycles. The third-order valence-electron chi connectivity index (χ3n) is 3.19. The van der Waals surface area contributed by atoms with Crippen molar-refractivity contribution in [3.63, 3.8) is 0 Å². The predicted molar refractivity (Wildman–Crippen MR) is 64.0 cm³/mol. The average molecular weight is 219 g/mol. The van der Waals surface area contributed by atoms with E-state index in [1.807, 2.05) is 6.07 Å². The van der Waals surface area contributed by atoms with E-state index in [0.29, 0.717) is 23.6 Å². The van der Waals surface area contributed by atoms with Crippen LogP contribution in [0.25, 0.3) is 0 Å². The van der Waals surface area contributed by atoms with Crippen molar-refractivity contribution in [1.82, 2.24) is 0 Å². The summed E-state index contributed by atoms with van der Waals surface area (Å²) in [6.07, 6.45) is 2.86. The molecule has 0 atom stereocenters. The van der Waals surface area contributed by atoms with Crippen molar-refractivity contribution < 1.29 is 9.53 Å². The van der Waals surface area contributed by atoms with Gasteiger partial charge in [-0.25, -0.2) is 0 Å². The SMILES string of the molecule is CC1(C)CCCOc2c(C=O)cc(N)cc21. The second-order valence-corrected chi connectivity index (χ2v) is 4.94. The van der Waals surface area contributed by atoms with E-state index in [-0.39, 0.29) is 5.41 Å². The number of carbonyl (C=O) groups excluding carboxylic acids is 1. The van der Waals surface area contributed by atoms with E-state index in [2.05, 4.69) is 13.8 Å². The third-order valence-corrected chi connectivity index (χ3v) is 3.19. The lowest BCUT2D eigenvalue weighted by Gasteiger charge is -2.25. The number of carbonyl (C=O) groups is 1. The summed E-state index contributed by atoms with van der Waals surface area (Å²) in [5.74, 6) is 0.715. The molecule has 0 aliphatic carbocycles. The molecule has 0 radical (unpaired) electrons. The fourth-order valence-corrected chi connectivity index (χ4v) is 2.25. The predicted octanol–water partition coefficient (Wildman–Crippen LogP) is 2.53. The van der Waals surface area contributed by atoms with Crippen LogP contribution in [0.15, 0.2) is 12.1 Å². The van der Waals surface area contributed by atoms with Crippen LogP contribution in [0, 0.1) is 0 Å². The molecule has 1 aliphatic rings. The van der Waals surface area contributed by atoms with Gasteiger partial charge in [-0.05, 0) is 30.4 Å². The lowest BCUT2D eigenvalue weighted by Crippen LogP contribution is -2.16. The van der Waals surface area contributed by atoms with Crippen molar-refractivity contribution in [1.29, 1.82) is 0 Å². The molecule has 0 saturated carbocycles. The van der Waals surface area contributed by atoms with Gasteiger partial charge in [0.2, 0.25) is 0 Å². The van der Waals surface area contributed by atoms with Crippen molar-refractivity contribution in [2.45, 2.75) is 32.1 Å². The molecule has 16 heavy (non-hydrogen) atoms. The standard InChI is InChI=1S/C13H17NO2/c1-13(2)4-3-5-16-12-9(8-15)6-10(14)7-11(12)13/h6-8H,3-5,14H2,1-2H3. The minimum absolute atomic E-state index is 0.0129. The highest BCUT2D eigenvalue weighted by Gasteiger charge is 2.28. The van der Waals surface area contributed by atoms with E-state index >= 15 is 0 Å². The number of ether oxygens (including phenoxy) is 1. The molecule has 0 unspecified atom stereocenters. The van der Waals surface area contributed by atoms with Gasteiger partial charge in [0, 0.05) is 11.3 Å². The number of hydrogen-bond donors (Lipinski definition) is 1. The van der Waals surface area contributed by atoms with Gasteiger partial charge < -0.3 is 10.5 Å². The van der Waals surface area contributed by atoms with Crippen LogP contribution in [-0.2, 0) is 5.41 Å². The van der Waals surface area contributed by atoms with Crippen molar-refractivity contribution in [3.05, 3.63) is 23.3 Å². The normalized spacial score (nSPS) is 18.1. The summed E-state index contributed by atoms with van der Waals surface area (Å²) in [4.78, 5) is 11.0. The maximum Gasteiger partial charge on any atom is 0.153 e. The first-order chi connectivity index (χ1) is 7.54. The molecule has 0 amide bonds. The zero-order chi connectivity index (χ0) is 11.8. The summed E-state index contributed by atoms with van der Waals surface area (Å²) >= 11 is 0. The fraction of sp³-hybridized carbons (Fsp3) is 0.462. The second-order valence-electron chi connectivity index (χ2n) is 4.94. The van der Waals surface area contributed by atoms with Crippen LogP contribution in [0.3, 0.4) is 0 Å². The Hall–Kier alpha value is -1.51. The van der Waals surface area contributed by atoms with Crippen LogP contribution in [0.4, 0.5) is 5.69 Å². The van der Waals surface area contributed by atoms with Gasteiger partial charge in [-0.1, -0.05) is 13.8 Å². The molecule has 1 heterocycles. The van der Waals surface area contributed by atoms with E-state index in [9.17, 15) is 4.79 Å². The molecule has 0 saturated heterocycles. The zero-order valence-corrected chi connectivity index (χ0v) is 9.75. The fourth-order valence-electron chi connectivity index (χ4n) is 2.25. The number of nitrogens with two attached hydrogens (primary N) is 1. The minimum Gasteiger partial charge on any atom is -0.493 e. The Morgan fingerprint density at radius 2 is 2.19 bits per heavy atom. The molecule has 1 aromatic carbocycles. The summed E-state index contributed by atoms with van der Waals surface area (Å²) in [6.45, 7) is 4.99. The summed E-state index contributed by atoms with van der Waals surface area (Å²) in [5, 5.41) is 0. The summed E-state index contributed by atoms with van der Waals surface area (Å²) in [7, 11) is 0. The van der Waals surface area contributed by atoms with Gasteiger partial charge in [0.15, 0.2) is 6.29 Å². The van der Waals surface area contributed by atoms with Crippen LogP contribution in [-0.4, -0.2) is 12.9 Å². The number of hydrogen-bond acceptors (Lipinski definition) is 3. The highest BCUT2D eigenvalue weighted by atomic mass is 16.5. The Morgan fingerprint density at radius 1 is 1.44 bits per heavy atom. The smallest absolute Gasteiger partial charge is 0.153 e. The Labute approximate surface area is 95.6 Å². The van der Waals surface area contributed by atoms with Crippen molar-refractivity contribution >= 4 is 12.0 Å². The van der Waals surface area contributed by atoms with Crippen LogP contribution in [0.2, 0.25) is 0 Å². The molecule has 2 rings (SSSR count). The number of fused-ring (bicyclic) bond motifs is 1. The van der Waals surface area contributed by atoms with Gasteiger partial charge >= 0.3 is 0 Å². The molecule has 86 valence electrons. The molecule has 2 N–H and O–H groups in total. The third kappa shape index (κ3) is 1.77. The molecule has 0 bridgehead atoms. The van der Waals surface area contributed by atoms with Crippen LogP contribution in [0.5, 0.6) is 5.75 Å². The topological polar surface area (TPSA) is 52.3 Å². The number of anilines is 1. The number of rotatable bonds is 1. The van der Waals surface area contributed by atoms with Gasteiger partial charge in [0.1, 0.15) is 5.75 Å². The monoisotopic (exact) mass is 219 g/mol. The number of nitrogen functional groups attached to an aromatic ring is 1. The van der Waals surface area contributed by atoms with E-state index in [0.717, 1.165) is 24.7 Å². The molecule has 3 heteroatoms. The highest BCUT2D eigenvalue weighted by molar-refractivity contribution is 5.83. The molecule has 0 fully saturated rings. The molecule has 0 spiro atoms. The van der Waals surface area contributed by atoms with Crippen LogP contribution < -0.4 is 10.5 Å². The summed E-state index contributed by atoms with van der Waals surface area (Å²) in [5.41, 5.74) is 8.06. The quantitative estimate of drug-likeness (QED) is 0.583.